The maximum Gasteiger partial charge on any atom is 0.241 e. The Bertz CT molecular complexity index is 737. The molecule has 6 heteroatoms. The topological polar surface area (TPSA) is 66.4 Å². The van der Waals surface area contributed by atoms with Crippen molar-refractivity contribution in [2.45, 2.75) is 36.8 Å². The van der Waals surface area contributed by atoms with Crippen LogP contribution < -0.4 is 4.72 Å². The Morgan fingerprint density at radius 3 is 3.00 bits per heavy atom. The van der Waals surface area contributed by atoms with Gasteiger partial charge in [0.25, 0.3) is 0 Å². The van der Waals surface area contributed by atoms with Crippen LogP contribution in [-0.2, 0) is 23.1 Å². The van der Waals surface area contributed by atoms with Gasteiger partial charge in [-0.2, -0.15) is 0 Å². The molecule has 21 heavy (non-hydrogen) atoms. The molecule has 0 spiro atoms. The van der Waals surface area contributed by atoms with Crippen molar-refractivity contribution in [2.24, 2.45) is 0 Å². The maximum absolute atomic E-state index is 12.5. The van der Waals surface area contributed by atoms with Gasteiger partial charge in [0.05, 0.1) is 11.5 Å². The number of thiophene rings is 1. The number of fused-ring (bicyclic) bond motifs is 1. The van der Waals surface area contributed by atoms with Gasteiger partial charge in [0, 0.05) is 10.9 Å². The first-order valence-electron chi connectivity index (χ1n) is 6.88. The van der Waals surface area contributed by atoms with Crippen LogP contribution in [0.2, 0.25) is 0 Å². The molecule has 0 fully saturated rings. The molecule has 0 saturated heterocycles. The van der Waals surface area contributed by atoms with Crippen molar-refractivity contribution >= 4 is 21.4 Å². The number of hydrogen-bond acceptors (Lipinski definition) is 4. The van der Waals surface area contributed by atoms with Gasteiger partial charge in [0.2, 0.25) is 10.0 Å². The number of benzene rings is 1. The second kappa shape index (κ2) is 5.88. The number of sulfonamides is 1. The second-order valence-corrected chi connectivity index (χ2v) is 7.89. The summed E-state index contributed by atoms with van der Waals surface area (Å²) in [4.78, 5) is 1.48. The van der Waals surface area contributed by atoms with E-state index in [4.69, 9.17) is 5.11 Å². The quantitative estimate of drug-likeness (QED) is 0.909. The van der Waals surface area contributed by atoms with Crippen LogP contribution in [-0.4, -0.2) is 13.5 Å². The minimum Gasteiger partial charge on any atom is -0.392 e. The van der Waals surface area contributed by atoms with E-state index in [9.17, 15) is 8.42 Å². The average molecular weight is 323 g/mol. The lowest BCUT2D eigenvalue weighted by molar-refractivity contribution is 0.281. The normalized spacial score (nSPS) is 18.4. The smallest absolute Gasteiger partial charge is 0.241 e. The van der Waals surface area contributed by atoms with Gasteiger partial charge in [-0.15, -0.1) is 11.3 Å². The van der Waals surface area contributed by atoms with Crippen LogP contribution >= 0.6 is 11.3 Å². The molecule has 3 rings (SSSR count). The first-order valence-corrected chi connectivity index (χ1v) is 9.25. The number of rotatable bonds is 4. The van der Waals surface area contributed by atoms with Gasteiger partial charge in [-0.3, -0.25) is 0 Å². The van der Waals surface area contributed by atoms with Crippen LogP contribution in [0.15, 0.2) is 40.6 Å². The largest absolute Gasteiger partial charge is 0.392 e. The molecule has 0 radical (unpaired) electrons. The predicted molar refractivity (Wildman–Crippen MR) is 82.7 cm³/mol. The molecule has 1 aromatic carbocycles. The van der Waals surface area contributed by atoms with Crippen molar-refractivity contribution in [1.82, 2.24) is 4.72 Å². The van der Waals surface area contributed by atoms with E-state index in [1.54, 1.807) is 29.5 Å². The average Bonchev–Trinajstić information content (AvgIpc) is 2.97. The molecule has 4 nitrogen and oxygen atoms in total. The fourth-order valence-corrected chi connectivity index (χ4v) is 4.98. The Morgan fingerprint density at radius 2 is 2.19 bits per heavy atom. The van der Waals surface area contributed by atoms with Crippen molar-refractivity contribution in [2.75, 3.05) is 0 Å². The Hall–Kier alpha value is -1.21. The highest BCUT2D eigenvalue weighted by Gasteiger charge is 2.26. The highest BCUT2D eigenvalue weighted by atomic mass is 32.2. The molecule has 1 unspecified atom stereocenters. The minimum absolute atomic E-state index is 0.150. The summed E-state index contributed by atoms with van der Waals surface area (Å²) in [5.41, 5.74) is 1.70. The van der Waals surface area contributed by atoms with Crippen molar-refractivity contribution in [3.8, 4) is 0 Å². The van der Waals surface area contributed by atoms with Gasteiger partial charge in [0.1, 0.15) is 0 Å². The lowest BCUT2D eigenvalue weighted by Gasteiger charge is -2.23. The molecule has 0 bridgehead atoms. The molecule has 0 saturated carbocycles. The fraction of sp³-hybridized carbons (Fsp3) is 0.333. The number of aliphatic hydroxyl groups is 1. The van der Waals surface area contributed by atoms with Crippen LogP contribution in [0.25, 0.3) is 0 Å². The van der Waals surface area contributed by atoms with Crippen molar-refractivity contribution in [3.63, 3.8) is 0 Å². The predicted octanol–water partition coefficient (Wildman–Crippen LogP) is 2.60. The van der Waals surface area contributed by atoms with E-state index in [-0.39, 0.29) is 17.5 Å². The van der Waals surface area contributed by atoms with E-state index >= 15 is 0 Å². The lowest BCUT2D eigenvalue weighted by atomic mass is 9.95. The third kappa shape index (κ3) is 3.03. The molecular formula is C15H17NO3S2. The maximum atomic E-state index is 12.5. The Balaban J connectivity index is 1.87. The fourth-order valence-electron chi connectivity index (χ4n) is 2.68. The number of aryl methyl sites for hydroxylation is 1. The first-order chi connectivity index (χ1) is 10.1. The standard InChI is InChI=1S/C15H17NO3S2/c17-10-11-3-1-4-12(9-11)21(18,19)16-14-5-2-6-15-13(14)7-8-20-15/h1,3-4,7-9,14,16-17H,2,5-6,10H2. The van der Waals surface area contributed by atoms with E-state index in [2.05, 4.69) is 4.72 Å². The number of nitrogens with one attached hydrogen (secondary N) is 1. The van der Waals surface area contributed by atoms with Crippen LogP contribution in [0, 0.1) is 0 Å². The minimum atomic E-state index is -3.57. The summed E-state index contributed by atoms with van der Waals surface area (Å²) in [7, 11) is -3.57. The van der Waals surface area contributed by atoms with Crippen LogP contribution in [0.4, 0.5) is 0 Å². The summed E-state index contributed by atoms with van der Waals surface area (Å²) in [6.07, 6.45) is 2.85. The molecule has 2 N–H and O–H groups in total. The molecule has 0 aliphatic heterocycles. The third-order valence-electron chi connectivity index (χ3n) is 3.74. The molecule has 112 valence electrons. The molecule has 1 aromatic heterocycles. The van der Waals surface area contributed by atoms with Crippen LogP contribution in [0.3, 0.4) is 0 Å². The molecule has 2 aromatic rings. The highest BCUT2D eigenvalue weighted by Crippen LogP contribution is 2.34. The number of hydrogen-bond donors (Lipinski definition) is 2. The van der Waals surface area contributed by atoms with E-state index in [0.29, 0.717) is 5.56 Å². The van der Waals surface area contributed by atoms with Gasteiger partial charge < -0.3 is 5.11 Å². The molecule has 0 amide bonds. The SMILES string of the molecule is O=S(=O)(NC1CCCc2sccc21)c1cccc(CO)c1. The third-order valence-corrected chi connectivity index (χ3v) is 6.21. The van der Waals surface area contributed by atoms with Crippen molar-refractivity contribution < 1.29 is 13.5 Å². The van der Waals surface area contributed by atoms with Crippen molar-refractivity contribution in [3.05, 3.63) is 51.7 Å². The van der Waals surface area contributed by atoms with Gasteiger partial charge in [-0.25, -0.2) is 13.1 Å². The van der Waals surface area contributed by atoms with E-state index in [0.717, 1.165) is 24.8 Å². The zero-order valence-electron chi connectivity index (χ0n) is 11.5. The lowest BCUT2D eigenvalue weighted by Crippen LogP contribution is -2.30. The Labute approximate surface area is 128 Å². The van der Waals surface area contributed by atoms with Gasteiger partial charge in [0.15, 0.2) is 0 Å². The summed E-state index contributed by atoms with van der Waals surface area (Å²) in [5, 5.41) is 11.2. The first kappa shape index (κ1) is 14.7. The Kier molecular flexibility index (Phi) is 4.12. The summed E-state index contributed by atoms with van der Waals surface area (Å²) >= 11 is 1.69. The van der Waals surface area contributed by atoms with E-state index in [1.807, 2.05) is 11.4 Å². The zero-order valence-corrected chi connectivity index (χ0v) is 13.1. The monoisotopic (exact) mass is 323 g/mol. The Morgan fingerprint density at radius 1 is 1.33 bits per heavy atom. The molecule has 1 atom stereocenters. The second-order valence-electron chi connectivity index (χ2n) is 5.17. The molecule has 1 heterocycles. The van der Waals surface area contributed by atoms with E-state index < -0.39 is 10.0 Å². The van der Waals surface area contributed by atoms with Gasteiger partial charge in [-0.1, -0.05) is 12.1 Å². The molecule has 1 aliphatic rings. The van der Waals surface area contributed by atoms with Gasteiger partial charge >= 0.3 is 0 Å². The van der Waals surface area contributed by atoms with Crippen molar-refractivity contribution in [1.29, 1.82) is 0 Å². The van der Waals surface area contributed by atoms with Gasteiger partial charge in [-0.05, 0) is 54.0 Å². The van der Waals surface area contributed by atoms with Crippen LogP contribution in [0.1, 0.15) is 34.9 Å². The molecule has 1 aliphatic carbocycles. The summed E-state index contributed by atoms with van der Waals surface area (Å²) in [6.45, 7) is -0.165. The zero-order chi connectivity index (χ0) is 14.9. The highest BCUT2D eigenvalue weighted by molar-refractivity contribution is 7.89. The summed E-state index contributed by atoms with van der Waals surface area (Å²) in [6, 6.07) is 8.28. The van der Waals surface area contributed by atoms with E-state index in [1.165, 1.54) is 10.9 Å². The summed E-state index contributed by atoms with van der Waals surface area (Å²) in [5.74, 6) is 0. The van der Waals surface area contributed by atoms with Crippen LogP contribution in [0.5, 0.6) is 0 Å². The summed E-state index contributed by atoms with van der Waals surface area (Å²) < 4.78 is 27.8. The molecular weight excluding hydrogens is 306 g/mol. The number of aliphatic hydroxyl groups excluding tert-OH is 1.